The van der Waals surface area contributed by atoms with Crippen molar-refractivity contribution in [2.24, 2.45) is 0 Å². The lowest BCUT2D eigenvalue weighted by Crippen LogP contribution is -2.17. The minimum atomic E-state index is -0.116. The first-order valence-corrected chi connectivity index (χ1v) is 7.20. The Hall–Kier alpha value is -2.69. The van der Waals surface area contributed by atoms with Crippen molar-refractivity contribution in [3.63, 3.8) is 0 Å². The Bertz CT molecular complexity index is 848. The minimum absolute atomic E-state index is 0.116. The number of nitrogens with one attached hydrogen (secondary N) is 1. The highest BCUT2D eigenvalue weighted by Gasteiger charge is 2.09. The molecule has 1 N–H and O–H groups in total. The summed E-state index contributed by atoms with van der Waals surface area (Å²) in [4.78, 5) is 15.0. The monoisotopic (exact) mass is 298 g/mol. The second-order valence-corrected chi connectivity index (χ2v) is 4.95. The second kappa shape index (κ2) is 5.97. The molecule has 22 heavy (non-hydrogen) atoms. The molecule has 0 amide bonds. The van der Waals surface area contributed by atoms with Crippen molar-refractivity contribution >= 4 is 11.0 Å². The van der Waals surface area contributed by atoms with E-state index in [0.29, 0.717) is 24.7 Å². The number of hydrogen-bond donors (Lipinski definition) is 1. The molecule has 0 spiro atoms. The molecule has 0 unspecified atom stereocenters. The van der Waals surface area contributed by atoms with Gasteiger partial charge in [-0.2, -0.15) is 0 Å². The van der Waals surface area contributed by atoms with Crippen molar-refractivity contribution in [3.8, 4) is 11.5 Å². The zero-order valence-corrected chi connectivity index (χ0v) is 12.6. The molecule has 0 aliphatic heterocycles. The van der Waals surface area contributed by atoms with Gasteiger partial charge in [0.2, 0.25) is 0 Å². The van der Waals surface area contributed by atoms with Crippen molar-refractivity contribution in [2.75, 3.05) is 13.7 Å². The highest BCUT2D eigenvalue weighted by Crippen LogP contribution is 2.28. The number of imidazole rings is 1. The van der Waals surface area contributed by atoms with E-state index >= 15 is 0 Å². The Kier molecular flexibility index (Phi) is 3.87. The van der Waals surface area contributed by atoms with Gasteiger partial charge in [-0.05, 0) is 36.8 Å². The molecule has 0 bridgehead atoms. The van der Waals surface area contributed by atoms with Crippen LogP contribution in [0, 0.1) is 0 Å². The van der Waals surface area contributed by atoms with Crippen LogP contribution in [-0.4, -0.2) is 23.3 Å². The summed E-state index contributed by atoms with van der Waals surface area (Å²) >= 11 is 0. The minimum Gasteiger partial charge on any atom is -0.493 e. The molecule has 0 atom stereocenters. The summed E-state index contributed by atoms with van der Waals surface area (Å²) < 4.78 is 12.6. The fourth-order valence-corrected chi connectivity index (χ4v) is 2.53. The molecular formula is C17H18N2O3. The number of rotatable bonds is 5. The zero-order valence-electron chi connectivity index (χ0n) is 12.6. The number of methoxy groups -OCH3 is 1. The van der Waals surface area contributed by atoms with Crippen LogP contribution in [0.5, 0.6) is 11.5 Å². The van der Waals surface area contributed by atoms with Gasteiger partial charge >= 0.3 is 5.69 Å². The van der Waals surface area contributed by atoms with Crippen LogP contribution in [0.4, 0.5) is 0 Å². The molecule has 114 valence electrons. The normalized spacial score (nSPS) is 10.8. The van der Waals surface area contributed by atoms with E-state index in [0.717, 1.165) is 16.6 Å². The van der Waals surface area contributed by atoms with Crippen LogP contribution in [0.25, 0.3) is 11.0 Å². The van der Waals surface area contributed by atoms with E-state index in [9.17, 15) is 4.79 Å². The topological polar surface area (TPSA) is 56.2 Å². The second-order valence-electron chi connectivity index (χ2n) is 4.95. The SMILES string of the molecule is CCOc1cc(Cn2c(=O)[nH]c3ccccc32)ccc1OC. The average Bonchev–Trinajstić information content (AvgIpc) is 2.84. The van der Waals surface area contributed by atoms with Gasteiger partial charge in [-0.3, -0.25) is 4.57 Å². The van der Waals surface area contributed by atoms with Gasteiger partial charge < -0.3 is 14.5 Å². The number of fused-ring (bicyclic) bond motifs is 1. The van der Waals surface area contributed by atoms with E-state index in [-0.39, 0.29) is 5.69 Å². The van der Waals surface area contributed by atoms with Gasteiger partial charge in [-0.1, -0.05) is 18.2 Å². The van der Waals surface area contributed by atoms with Gasteiger partial charge in [0.25, 0.3) is 0 Å². The number of para-hydroxylation sites is 2. The third-order valence-corrected chi connectivity index (χ3v) is 3.55. The van der Waals surface area contributed by atoms with E-state index in [1.165, 1.54) is 0 Å². The van der Waals surface area contributed by atoms with E-state index in [2.05, 4.69) is 4.98 Å². The van der Waals surface area contributed by atoms with Crippen LogP contribution in [-0.2, 0) is 6.54 Å². The maximum Gasteiger partial charge on any atom is 0.326 e. The highest BCUT2D eigenvalue weighted by atomic mass is 16.5. The van der Waals surface area contributed by atoms with Crippen molar-refractivity contribution < 1.29 is 9.47 Å². The molecule has 0 aliphatic rings. The van der Waals surface area contributed by atoms with Crippen molar-refractivity contribution in [1.82, 2.24) is 9.55 Å². The maximum absolute atomic E-state index is 12.1. The maximum atomic E-state index is 12.1. The van der Waals surface area contributed by atoms with E-state index in [4.69, 9.17) is 9.47 Å². The van der Waals surface area contributed by atoms with E-state index < -0.39 is 0 Å². The van der Waals surface area contributed by atoms with Crippen LogP contribution >= 0.6 is 0 Å². The summed E-state index contributed by atoms with van der Waals surface area (Å²) in [6.45, 7) is 2.97. The molecule has 3 rings (SSSR count). The Morgan fingerprint density at radius 2 is 1.95 bits per heavy atom. The molecular weight excluding hydrogens is 280 g/mol. The fourth-order valence-electron chi connectivity index (χ4n) is 2.53. The molecule has 3 aromatic rings. The number of nitrogens with zero attached hydrogens (tertiary/aromatic N) is 1. The largest absolute Gasteiger partial charge is 0.493 e. The highest BCUT2D eigenvalue weighted by molar-refractivity contribution is 5.75. The number of hydrogen-bond acceptors (Lipinski definition) is 3. The predicted molar refractivity (Wildman–Crippen MR) is 85.8 cm³/mol. The molecule has 0 saturated heterocycles. The summed E-state index contributed by atoms with van der Waals surface area (Å²) in [6.07, 6.45) is 0. The first-order valence-electron chi connectivity index (χ1n) is 7.20. The molecule has 0 fully saturated rings. The van der Waals surface area contributed by atoms with Gasteiger partial charge in [0, 0.05) is 0 Å². The first-order chi connectivity index (χ1) is 10.7. The van der Waals surface area contributed by atoms with Gasteiger partial charge in [0.05, 0.1) is 31.3 Å². The van der Waals surface area contributed by atoms with Gasteiger partial charge in [0.1, 0.15) is 0 Å². The molecule has 1 aromatic heterocycles. The summed E-state index contributed by atoms with van der Waals surface area (Å²) in [5.74, 6) is 1.38. The fraction of sp³-hybridized carbons (Fsp3) is 0.235. The van der Waals surface area contributed by atoms with Crippen molar-refractivity contribution in [1.29, 1.82) is 0 Å². The average molecular weight is 298 g/mol. The molecule has 1 heterocycles. The van der Waals surface area contributed by atoms with E-state index in [1.807, 2.05) is 49.4 Å². The van der Waals surface area contributed by atoms with Crippen LogP contribution in [0.15, 0.2) is 47.3 Å². The molecule has 2 aromatic carbocycles. The summed E-state index contributed by atoms with van der Waals surface area (Å²) in [5.41, 5.74) is 2.60. The number of H-pyrrole nitrogens is 1. The number of benzene rings is 2. The summed E-state index contributed by atoms with van der Waals surface area (Å²) in [6, 6.07) is 13.4. The predicted octanol–water partition coefficient (Wildman–Crippen LogP) is 2.79. The number of ether oxygens (including phenoxy) is 2. The van der Waals surface area contributed by atoms with E-state index in [1.54, 1.807) is 11.7 Å². The molecule has 5 nitrogen and oxygen atoms in total. The Morgan fingerprint density at radius 1 is 1.14 bits per heavy atom. The van der Waals surface area contributed by atoms with Crippen LogP contribution in [0.3, 0.4) is 0 Å². The van der Waals surface area contributed by atoms with Crippen molar-refractivity contribution in [2.45, 2.75) is 13.5 Å². The first kappa shape index (κ1) is 14.3. The lowest BCUT2D eigenvalue weighted by molar-refractivity contribution is 0.310. The molecule has 5 heteroatoms. The summed E-state index contributed by atoms with van der Waals surface area (Å²) in [7, 11) is 1.61. The molecule has 0 saturated carbocycles. The van der Waals surface area contributed by atoms with Gasteiger partial charge in [0.15, 0.2) is 11.5 Å². The quantitative estimate of drug-likeness (QED) is 0.788. The van der Waals surface area contributed by atoms with Gasteiger partial charge in [-0.25, -0.2) is 4.79 Å². The van der Waals surface area contributed by atoms with Crippen LogP contribution in [0.1, 0.15) is 12.5 Å². The molecule has 0 radical (unpaired) electrons. The molecule has 0 aliphatic carbocycles. The Balaban J connectivity index is 2.00. The standard InChI is InChI=1S/C17H18N2O3/c1-3-22-16-10-12(8-9-15(16)21-2)11-19-14-7-5-4-6-13(14)18-17(19)20/h4-10H,3,11H2,1-2H3,(H,18,20). The third-order valence-electron chi connectivity index (χ3n) is 3.55. The van der Waals surface area contributed by atoms with Crippen LogP contribution in [0.2, 0.25) is 0 Å². The smallest absolute Gasteiger partial charge is 0.326 e. The number of aromatic nitrogens is 2. The Labute approximate surface area is 128 Å². The zero-order chi connectivity index (χ0) is 15.5. The third kappa shape index (κ3) is 2.57. The summed E-state index contributed by atoms with van der Waals surface area (Å²) in [5, 5.41) is 0. The van der Waals surface area contributed by atoms with Crippen LogP contribution < -0.4 is 15.2 Å². The lowest BCUT2D eigenvalue weighted by Gasteiger charge is -2.11. The van der Waals surface area contributed by atoms with Crippen molar-refractivity contribution in [3.05, 3.63) is 58.5 Å². The van der Waals surface area contributed by atoms with Gasteiger partial charge in [-0.15, -0.1) is 0 Å². The Morgan fingerprint density at radius 3 is 2.73 bits per heavy atom. The lowest BCUT2D eigenvalue weighted by atomic mass is 10.2. The number of aromatic amines is 1.